The molecule has 1 aromatic rings. The zero-order chi connectivity index (χ0) is 17.2. The van der Waals surface area contributed by atoms with Crippen LogP contribution in [-0.4, -0.2) is 50.3 Å². The van der Waals surface area contributed by atoms with E-state index < -0.39 is 23.6 Å². The van der Waals surface area contributed by atoms with Gasteiger partial charge in [-0.15, -0.1) is 0 Å². The number of hydrogen-bond acceptors (Lipinski definition) is 4. The highest BCUT2D eigenvalue weighted by molar-refractivity contribution is 6.37. The normalized spacial score (nSPS) is 15.4. The second-order valence-electron chi connectivity index (χ2n) is 4.97. The summed E-state index contributed by atoms with van der Waals surface area (Å²) in [7, 11) is 1.13. The van der Waals surface area contributed by atoms with Gasteiger partial charge in [0.15, 0.2) is 0 Å². The number of amides is 1. The van der Waals surface area contributed by atoms with E-state index in [-0.39, 0.29) is 5.69 Å². The van der Waals surface area contributed by atoms with Gasteiger partial charge >= 0.3 is 18.1 Å². The Labute approximate surface area is 130 Å². The van der Waals surface area contributed by atoms with Crippen LogP contribution >= 0.6 is 0 Å². The lowest BCUT2D eigenvalue weighted by Crippen LogP contribution is -2.39. The van der Waals surface area contributed by atoms with Crippen LogP contribution in [0, 0.1) is 0 Å². The molecule has 1 aliphatic heterocycles. The van der Waals surface area contributed by atoms with Crippen molar-refractivity contribution in [2.24, 2.45) is 0 Å². The van der Waals surface area contributed by atoms with Gasteiger partial charge in [-0.2, -0.15) is 13.2 Å². The number of aliphatic carboxylic acids is 1. The van der Waals surface area contributed by atoms with Gasteiger partial charge in [-0.3, -0.25) is 4.79 Å². The molecule has 1 fully saturated rings. The maximum atomic E-state index is 12.9. The molecule has 0 radical (unpaired) electrons. The van der Waals surface area contributed by atoms with Crippen molar-refractivity contribution >= 4 is 23.3 Å². The number of carboxylic acid groups (broad SMARTS) is 1. The molecule has 1 aliphatic rings. The first kappa shape index (κ1) is 17.1. The second-order valence-corrected chi connectivity index (χ2v) is 4.97. The topological polar surface area (TPSA) is 70.1 Å². The number of likely N-dealkylation sites (N-methyl/N-ethyl adjacent to an activating group) is 1. The Balaban J connectivity index is 2.48. The maximum absolute atomic E-state index is 12.9. The van der Waals surface area contributed by atoms with Crippen molar-refractivity contribution in [1.29, 1.82) is 0 Å². The van der Waals surface area contributed by atoms with E-state index in [1.54, 1.807) is 4.90 Å². The number of rotatable bonds is 2. The molecule has 1 aromatic carbocycles. The monoisotopic (exact) mass is 332 g/mol. The van der Waals surface area contributed by atoms with Gasteiger partial charge in [0.25, 0.3) is 0 Å². The number of halogens is 3. The standard InChI is InChI=1S/C14H15F3N2O4/c1-18(12(20)13(21)22)11-8-9(14(15,16)17)2-3-10(11)19-4-6-23-7-5-19/h2-3,8H,4-7H2,1H3,(H,21,22). The zero-order valence-electron chi connectivity index (χ0n) is 12.3. The molecule has 9 heteroatoms. The molecule has 0 bridgehead atoms. The summed E-state index contributed by atoms with van der Waals surface area (Å²) >= 11 is 0. The zero-order valence-corrected chi connectivity index (χ0v) is 12.3. The van der Waals surface area contributed by atoms with E-state index in [9.17, 15) is 22.8 Å². The van der Waals surface area contributed by atoms with Crippen LogP contribution in [0.3, 0.4) is 0 Å². The average molecular weight is 332 g/mol. The van der Waals surface area contributed by atoms with Gasteiger partial charge in [-0.1, -0.05) is 0 Å². The van der Waals surface area contributed by atoms with Crippen LogP contribution in [-0.2, 0) is 20.5 Å². The number of ether oxygens (including phenoxy) is 1. The molecule has 0 saturated carbocycles. The SMILES string of the molecule is CN(C(=O)C(=O)O)c1cc(C(F)(F)F)ccc1N1CCOCC1. The Morgan fingerprint density at radius 3 is 2.39 bits per heavy atom. The van der Waals surface area contributed by atoms with Crippen LogP contribution in [0.25, 0.3) is 0 Å². The first-order chi connectivity index (χ1) is 10.7. The fourth-order valence-electron chi connectivity index (χ4n) is 2.29. The first-order valence-corrected chi connectivity index (χ1v) is 6.76. The number of nitrogens with zero attached hydrogens (tertiary/aromatic N) is 2. The van der Waals surface area contributed by atoms with E-state index in [4.69, 9.17) is 9.84 Å². The van der Waals surface area contributed by atoms with Gasteiger partial charge in [0, 0.05) is 20.1 Å². The molecule has 2 rings (SSSR count). The largest absolute Gasteiger partial charge is 0.474 e. The quantitative estimate of drug-likeness (QED) is 0.833. The van der Waals surface area contributed by atoms with E-state index in [2.05, 4.69) is 0 Å². The first-order valence-electron chi connectivity index (χ1n) is 6.76. The van der Waals surface area contributed by atoms with Crippen molar-refractivity contribution in [2.45, 2.75) is 6.18 Å². The third-order valence-electron chi connectivity index (χ3n) is 3.50. The second kappa shape index (κ2) is 6.45. The summed E-state index contributed by atoms with van der Waals surface area (Å²) in [6, 6.07) is 2.94. The van der Waals surface area contributed by atoms with Crippen LogP contribution in [0.2, 0.25) is 0 Å². The van der Waals surface area contributed by atoms with E-state index in [0.29, 0.717) is 36.9 Å². The van der Waals surface area contributed by atoms with Crippen LogP contribution in [0.4, 0.5) is 24.5 Å². The molecule has 1 saturated heterocycles. The predicted octanol–water partition coefficient (Wildman–Crippen LogP) is 1.59. The lowest BCUT2D eigenvalue weighted by Gasteiger charge is -2.32. The number of anilines is 2. The van der Waals surface area contributed by atoms with Crippen molar-refractivity contribution in [3.63, 3.8) is 0 Å². The summed E-state index contributed by atoms with van der Waals surface area (Å²) in [6.45, 7) is 1.68. The van der Waals surface area contributed by atoms with Crippen molar-refractivity contribution in [2.75, 3.05) is 43.2 Å². The van der Waals surface area contributed by atoms with Gasteiger partial charge in [-0.25, -0.2) is 4.79 Å². The molecule has 0 unspecified atom stereocenters. The lowest BCUT2D eigenvalue weighted by atomic mass is 10.1. The minimum atomic E-state index is -4.59. The molecular weight excluding hydrogens is 317 g/mol. The molecule has 126 valence electrons. The maximum Gasteiger partial charge on any atom is 0.416 e. The minimum Gasteiger partial charge on any atom is -0.474 e. The number of hydrogen-bond donors (Lipinski definition) is 1. The van der Waals surface area contributed by atoms with Gasteiger partial charge in [0.1, 0.15) is 0 Å². The molecule has 23 heavy (non-hydrogen) atoms. The highest BCUT2D eigenvalue weighted by atomic mass is 19.4. The summed E-state index contributed by atoms with van der Waals surface area (Å²) in [6.07, 6.45) is -4.59. The van der Waals surface area contributed by atoms with Crippen molar-refractivity contribution in [1.82, 2.24) is 0 Å². The van der Waals surface area contributed by atoms with Crippen LogP contribution in [0.5, 0.6) is 0 Å². The molecule has 0 atom stereocenters. The fraction of sp³-hybridized carbons (Fsp3) is 0.429. The predicted molar refractivity (Wildman–Crippen MR) is 75.5 cm³/mol. The summed E-state index contributed by atoms with van der Waals surface area (Å²) in [5.74, 6) is -3.04. The van der Waals surface area contributed by atoms with Crippen LogP contribution in [0.1, 0.15) is 5.56 Å². The molecule has 6 nitrogen and oxygen atoms in total. The summed E-state index contributed by atoms with van der Waals surface area (Å²) in [5.41, 5.74) is -0.693. The molecular formula is C14H15F3N2O4. The number of morpholine rings is 1. The highest BCUT2D eigenvalue weighted by Crippen LogP contribution is 2.37. The summed E-state index contributed by atoms with van der Waals surface area (Å²) < 4.78 is 43.9. The van der Waals surface area contributed by atoms with E-state index in [1.807, 2.05) is 0 Å². The molecule has 1 N–H and O–H groups in total. The molecule has 1 amide bonds. The Bertz CT molecular complexity index is 613. The van der Waals surface area contributed by atoms with Gasteiger partial charge in [0.05, 0.1) is 30.2 Å². The highest BCUT2D eigenvalue weighted by Gasteiger charge is 2.33. The molecule has 1 heterocycles. The number of alkyl halides is 3. The van der Waals surface area contributed by atoms with Gasteiger partial charge < -0.3 is 19.6 Å². The Morgan fingerprint density at radius 1 is 1.26 bits per heavy atom. The number of carboxylic acids is 1. The smallest absolute Gasteiger partial charge is 0.416 e. The molecule has 0 aromatic heterocycles. The van der Waals surface area contributed by atoms with Crippen LogP contribution < -0.4 is 9.80 Å². The number of benzene rings is 1. The Kier molecular flexibility index (Phi) is 4.79. The third-order valence-corrected chi connectivity index (χ3v) is 3.50. The number of carbonyl (C=O) groups is 2. The van der Waals surface area contributed by atoms with E-state index in [1.165, 1.54) is 6.07 Å². The van der Waals surface area contributed by atoms with Crippen molar-refractivity contribution in [3.05, 3.63) is 23.8 Å². The number of carbonyl (C=O) groups excluding carboxylic acids is 1. The van der Waals surface area contributed by atoms with Crippen molar-refractivity contribution < 1.29 is 32.6 Å². The minimum absolute atomic E-state index is 0.103. The summed E-state index contributed by atoms with van der Waals surface area (Å²) in [4.78, 5) is 24.9. The van der Waals surface area contributed by atoms with Gasteiger partial charge in [-0.05, 0) is 18.2 Å². The Hall–Kier alpha value is -2.29. The Morgan fingerprint density at radius 2 is 1.87 bits per heavy atom. The van der Waals surface area contributed by atoms with Gasteiger partial charge in [0.2, 0.25) is 0 Å². The van der Waals surface area contributed by atoms with E-state index >= 15 is 0 Å². The van der Waals surface area contributed by atoms with Crippen molar-refractivity contribution in [3.8, 4) is 0 Å². The van der Waals surface area contributed by atoms with Crippen LogP contribution in [0.15, 0.2) is 18.2 Å². The molecule has 0 aliphatic carbocycles. The fourth-order valence-corrected chi connectivity index (χ4v) is 2.29. The molecule has 0 spiro atoms. The van der Waals surface area contributed by atoms with E-state index in [0.717, 1.165) is 19.2 Å². The third kappa shape index (κ3) is 3.73. The summed E-state index contributed by atoms with van der Waals surface area (Å²) in [5, 5.41) is 8.80. The average Bonchev–Trinajstić information content (AvgIpc) is 2.52. The lowest BCUT2D eigenvalue weighted by molar-refractivity contribution is -0.148.